The fourth-order valence-corrected chi connectivity index (χ4v) is 0.455. The van der Waals surface area contributed by atoms with Crippen molar-refractivity contribution in [2.24, 2.45) is 0 Å². The number of hydrogen-bond acceptors (Lipinski definition) is 2. The van der Waals surface area contributed by atoms with Crippen LogP contribution in [0.5, 0.6) is 0 Å². The van der Waals surface area contributed by atoms with Crippen LogP contribution in [0.2, 0.25) is 0 Å². The first-order valence-corrected chi connectivity index (χ1v) is 3.31. The van der Waals surface area contributed by atoms with E-state index < -0.39 is 0 Å². The van der Waals surface area contributed by atoms with Crippen molar-refractivity contribution in [2.45, 2.75) is 0 Å². The summed E-state index contributed by atoms with van der Waals surface area (Å²) in [5.74, 6) is 0. The van der Waals surface area contributed by atoms with Crippen LogP contribution in [0.15, 0.2) is 0 Å². The van der Waals surface area contributed by atoms with Gasteiger partial charge in [0.25, 0.3) is 0 Å². The Labute approximate surface area is 57.0 Å². The third kappa shape index (κ3) is 21.3. The second-order valence-electron chi connectivity index (χ2n) is 0.290. The molecule has 0 rings (SSSR count). The summed E-state index contributed by atoms with van der Waals surface area (Å²) < 4.78 is 4.28. The Morgan fingerprint density at radius 2 is 2.00 bits per heavy atom. The molecule has 0 N–H and O–H groups in total. The molecule has 0 heterocycles. The van der Waals surface area contributed by atoms with Crippen molar-refractivity contribution in [3.05, 3.63) is 0 Å². The van der Waals surface area contributed by atoms with Crippen LogP contribution in [0.4, 0.5) is 0 Å². The molecule has 42 valence electrons. The van der Waals surface area contributed by atoms with Crippen LogP contribution in [0.25, 0.3) is 0 Å². The van der Waals surface area contributed by atoms with Crippen LogP contribution >= 0.6 is 33.5 Å². The predicted molar refractivity (Wildman–Crippen MR) is 35.1 cm³/mol. The maximum absolute atomic E-state index is 4.97. The largest absolute Gasteiger partial charge is 0.285 e. The van der Waals surface area contributed by atoms with E-state index in [-0.39, 0.29) is 6.07 Å². The fraction of sp³-hybridized carbons (Fsp3) is 0.333. The summed E-state index contributed by atoms with van der Waals surface area (Å²) in [5, 5.41) is 0. The topological polar surface area (TPSA) is 9.23 Å². The molecule has 0 fully saturated rings. The van der Waals surface area contributed by atoms with E-state index in [4.69, 9.17) is 22.3 Å². The molecule has 0 amide bonds. The van der Waals surface area contributed by atoms with Crippen molar-refractivity contribution in [1.82, 2.24) is 0 Å². The van der Waals surface area contributed by atoms with Crippen molar-refractivity contribution < 1.29 is 4.18 Å². The van der Waals surface area contributed by atoms with Crippen LogP contribution in [-0.2, 0) is 4.18 Å². The molecule has 0 aromatic rings. The smallest absolute Gasteiger partial charge is 0.136 e. The summed E-state index contributed by atoms with van der Waals surface area (Å²) in [6, 6.07) is 0.147. The van der Waals surface area contributed by atoms with Crippen molar-refractivity contribution in [1.29, 1.82) is 0 Å². The summed E-state index contributed by atoms with van der Waals surface area (Å²) >= 11 is 5.72. The van der Waals surface area contributed by atoms with Crippen LogP contribution < -0.4 is 0 Å². The van der Waals surface area contributed by atoms with E-state index in [9.17, 15) is 0 Å². The molecule has 0 radical (unpaired) electrons. The molecule has 0 saturated heterocycles. The molecular formula is C3H4Cl2OS. The first kappa shape index (κ1) is 10.4. The number of rotatable bonds is 2. The predicted octanol–water partition coefficient (Wildman–Crippen LogP) is 2.25. The molecule has 0 spiro atoms. The monoisotopic (exact) mass is 158 g/mol. The van der Waals surface area contributed by atoms with E-state index in [2.05, 4.69) is 17.0 Å². The lowest BCUT2D eigenvalue weighted by Crippen LogP contribution is -1.62. The quantitative estimate of drug-likeness (QED) is 0.347. The van der Waals surface area contributed by atoms with Gasteiger partial charge < -0.3 is 0 Å². The molecule has 0 bridgehead atoms. The van der Waals surface area contributed by atoms with E-state index in [0.29, 0.717) is 0 Å². The highest BCUT2D eigenvalue weighted by molar-refractivity contribution is 8.17. The minimum Gasteiger partial charge on any atom is -0.285 e. The Bertz CT molecular complexity index is 37.2. The summed E-state index contributed by atoms with van der Waals surface area (Å²) in [4.78, 5) is 0. The third-order valence-corrected chi connectivity index (χ3v) is 0.802. The van der Waals surface area contributed by atoms with Crippen LogP contribution in [0.3, 0.4) is 0 Å². The lowest BCUT2D eigenvalue weighted by molar-refractivity contribution is 0.465. The van der Waals surface area contributed by atoms with Gasteiger partial charge in [0.1, 0.15) is 17.3 Å². The molecule has 0 saturated carbocycles. The van der Waals surface area contributed by atoms with Crippen molar-refractivity contribution >= 4 is 33.5 Å². The zero-order valence-electron chi connectivity index (χ0n) is 3.43. The van der Waals surface area contributed by atoms with Gasteiger partial charge in [-0.2, -0.15) is 0 Å². The summed E-state index contributed by atoms with van der Waals surface area (Å²) in [6.07, 6.45) is 8.00. The van der Waals surface area contributed by atoms with Crippen molar-refractivity contribution in [2.75, 3.05) is 6.07 Å². The summed E-state index contributed by atoms with van der Waals surface area (Å²) in [5.41, 5.74) is 0. The standard InChI is InChI=1S/C2H2.CH2Cl2OS/c1-2;2-1-4-5-3/h1-2H;1H2. The molecule has 4 heteroatoms. The Morgan fingerprint density at radius 1 is 1.57 bits per heavy atom. The van der Waals surface area contributed by atoms with E-state index >= 15 is 0 Å². The van der Waals surface area contributed by atoms with Crippen LogP contribution in [0, 0.1) is 12.8 Å². The number of halogens is 2. The maximum atomic E-state index is 4.97. The van der Waals surface area contributed by atoms with Crippen LogP contribution in [0.1, 0.15) is 0 Å². The van der Waals surface area contributed by atoms with Crippen LogP contribution in [-0.4, -0.2) is 6.07 Å². The molecule has 0 unspecified atom stereocenters. The van der Waals surface area contributed by atoms with Gasteiger partial charge >= 0.3 is 0 Å². The molecule has 0 aromatic carbocycles. The lowest BCUT2D eigenvalue weighted by Gasteiger charge is -1.79. The zero-order valence-corrected chi connectivity index (χ0v) is 5.76. The highest BCUT2D eigenvalue weighted by Gasteiger charge is 1.70. The Kier molecular flexibility index (Phi) is 24.0. The minimum atomic E-state index is 0.147. The SMILES string of the molecule is C#C.ClCOSCl. The van der Waals surface area contributed by atoms with Gasteiger partial charge in [0.15, 0.2) is 0 Å². The van der Waals surface area contributed by atoms with E-state index in [1.54, 1.807) is 0 Å². The van der Waals surface area contributed by atoms with Gasteiger partial charge in [-0.1, -0.05) is 11.6 Å². The molecular weight excluding hydrogens is 155 g/mol. The van der Waals surface area contributed by atoms with E-state index in [0.717, 1.165) is 11.3 Å². The Balaban J connectivity index is 0. The van der Waals surface area contributed by atoms with Gasteiger partial charge in [-0.25, -0.2) is 0 Å². The van der Waals surface area contributed by atoms with Gasteiger partial charge in [-0.05, 0) is 10.7 Å². The maximum Gasteiger partial charge on any atom is 0.136 e. The molecule has 1 nitrogen and oxygen atoms in total. The summed E-state index contributed by atoms with van der Waals surface area (Å²) in [7, 11) is 4.91. The van der Waals surface area contributed by atoms with Gasteiger partial charge in [-0.3, -0.25) is 4.18 Å². The molecule has 0 aromatic heterocycles. The highest BCUT2D eigenvalue weighted by atomic mass is 35.7. The van der Waals surface area contributed by atoms with Gasteiger partial charge in [0, 0.05) is 0 Å². The molecule has 7 heavy (non-hydrogen) atoms. The minimum absolute atomic E-state index is 0.147. The van der Waals surface area contributed by atoms with Crippen molar-refractivity contribution in [3.8, 4) is 12.8 Å². The summed E-state index contributed by atoms with van der Waals surface area (Å²) in [6.45, 7) is 0. The highest BCUT2D eigenvalue weighted by Crippen LogP contribution is 2.06. The lowest BCUT2D eigenvalue weighted by atomic mass is 11.4. The molecule has 0 aliphatic heterocycles. The average molecular weight is 159 g/mol. The number of alkyl halides is 1. The third-order valence-electron chi connectivity index (χ3n) is 0.0891. The second-order valence-corrected chi connectivity index (χ2v) is 1.25. The van der Waals surface area contributed by atoms with Gasteiger partial charge in [-0.15, -0.1) is 12.8 Å². The van der Waals surface area contributed by atoms with Crippen molar-refractivity contribution in [3.63, 3.8) is 0 Å². The first-order chi connectivity index (χ1) is 3.41. The Hall–Kier alpha value is 0.450. The first-order valence-electron chi connectivity index (χ1n) is 1.21. The normalized spacial score (nSPS) is 6.29. The fourth-order valence-electron chi connectivity index (χ4n) is 0.0168. The van der Waals surface area contributed by atoms with E-state index in [1.807, 2.05) is 0 Å². The number of terminal acetylenes is 1. The number of hydrogen-bond donors (Lipinski definition) is 0. The average Bonchev–Trinajstić information content (AvgIpc) is 1.75. The van der Waals surface area contributed by atoms with E-state index in [1.165, 1.54) is 0 Å². The zero-order chi connectivity index (χ0) is 6.12. The molecule has 0 atom stereocenters. The molecule has 0 aliphatic rings. The van der Waals surface area contributed by atoms with Gasteiger partial charge in [0.2, 0.25) is 0 Å². The second kappa shape index (κ2) is 16.1. The molecule has 0 aliphatic carbocycles. The Morgan fingerprint density at radius 3 is 2.00 bits per heavy atom. The van der Waals surface area contributed by atoms with Gasteiger partial charge in [0.05, 0.1) is 0 Å².